The maximum Gasteiger partial charge on any atom is 0.144 e. The summed E-state index contributed by atoms with van der Waals surface area (Å²) >= 11 is 0. The fraction of sp³-hybridized carbons (Fsp3) is 0.379. The van der Waals surface area contributed by atoms with Crippen LogP contribution < -0.4 is 24.0 Å². The van der Waals surface area contributed by atoms with Gasteiger partial charge in [-0.1, -0.05) is 39.8 Å². The lowest BCUT2D eigenvalue weighted by atomic mass is 9.97. The summed E-state index contributed by atoms with van der Waals surface area (Å²) in [5, 5.41) is 0. The van der Waals surface area contributed by atoms with Crippen LogP contribution in [0, 0.1) is 5.92 Å². The van der Waals surface area contributed by atoms with E-state index in [1.54, 1.807) is 14.2 Å². The Balaban J connectivity index is 1.85. The maximum atomic E-state index is 6.19. The van der Waals surface area contributed by atoms with Crippen molar-refractivity contribution in [2.45, 2.75) is 33.6 Å². The number of anilines is 4. The molecule has 180 valence electrons. The normalized spacial score (nSPS) is 12.6. The molecule has 0 aliphatic carbocycles. The van der Waals surface area contributed by atoms with Gasteiger partial charge in [-0.2, -0.15) is 0 Å². The van der Waals surface area contributed by atoms with Crippen LogP contribution in [0.4, 0.5) is 22.7 Å². The standard InChI is InChI=1S/C29H36N2O3/c1-18(2)17-34-26-11-9-10-25(32-7)28(26)20-12-13-22-23(14-20)31(6)29-24(30(22)5)15-21(19(3)4)16-27(29)33-8/h9-16,18-19H,17H2,1-8H3. The summed E-state index contributed by atoms with van der Waals surface area (Å²) < 4.78 is 17.8. The Bertz CT molecular complexity index is 1190. The lowest BCUT2D eigenvalue weighted by molar-refractivity contribution is 0.271. The average Bonchev–Trinajstić information content (AvgIpc) is 2.84. The molecule has 0 unspecified atom stereocenters. The molecule has 3 aromatic carbocycles. The number of hydrogen-bond acceptors (Lipinski definition) is 5. The molecule has 1 heterocycles. The van der Waals surface area contributed by atoms with Gasteiger partial charge in [0.05, 0.1) is 43.5 Å². The Morgan fingerprint density at radius 2 is 1.44 bits per heavy atom. The quantitative estimate of drug-likeness (QED) is 0.367. The minimum Gasteiger partial charge on any atom is -0.496 e. The number of fused-ring (bicyclic) bond motifs is 2. The van der Waals surface area contributed by atoms with Crippen LogP contribution in [0.3, 0.4) is 0 Å². The highest BCUT2D eigenvalue weighted by atomic mass is 16.5. The van der Waals surface area contributed by atoms with Gasteiger partial charge >= 0.3 is 0 Å². The molecular weight excluding hydrogens is 424 g/mol. The van der Waals surface area contributed by atoms with E-state index in [9.17, 15) is 0 Å². The monoisotopic (exact) mass is 460 g/mol. The van der Waals surface area contributed by atoms with Crippen LogP contribution in [-0.4, -0.2) is 34.9 Å². The van der Waals surface area contributed by atoms with E-state index in [1.807, 2.05) is 18.2 Å². The number of hydrogen-bond donors (Lipinski definition) is 0. The van der Waals surface area contributed by atoms with Crippen molar-refractivity contribution in [2.24, 2.45) is 5.92 Å². The van der Waals surface area contributed by atoms with Crippen molar-refractivity contribution in [1.82, 2.24) is 0 Å². The highest BCUT2D eigenvalue weighted by molar-refractivity contribution is 5.97. The SMILES string of the molecule is COc1cccc(OCC(C)C)c1-c1ccc2c(c1)N(C)c1c(OC)cc(C(C)C)cc1N2C. The zero-order valence-electron chi connectivity index (χ0n) is 21.6. The molecule has 0 atom stereocenters. The molecular formula is C29H36N2O3. The van der Waals surface area contributed by atoms with Crippen molar-refractivity contribution in [3.63, 3.8) is 0 Å². The van der Waals surface area contributed by atoms with Crippen molar-refractivity contribution < 1.29 is 14.2 Å². The molecule has 0 radical (unpaired) electrons. The van der Waals surface area contributed by atoms with E-state index in [1.165, 1.54) is 5.56 Å². The molecule has 5 nitrogen and oxygen atoms in total. The second-order valence-corrected chi connectivity index (χ2v) is 9.61. The Kier molecular flexibility index (Phi) is 6.65. The predicted molar refractivity (Wildman–Crippen MR) is 142 cm³/mol. The summed E-state index contributed by atoms with van der Waals surface area (Å²) in [5.74, 6) is 3.36. The molecule has 34 heavy (non-hydrogen) atoms. The Hall–Kier alpha value is -3.34. The van der Waals surface area contributed by atoms with Crippen LogP contribution in [-0.2, 0) is 0 Å². The van der Waals surface area contributed by atoms with Crippen LogP contribution in [0.5, 0.6) is 17.2 Å². The largest absolute Gasteiger partial charge is 0.496 e. The number of ether oxygens (including phenoxy) is 3. The topological polar surface area (TPSA) is 34.2 Å². The molecule has 1 aliphatic heterocycles. The van der Waals surface area contributed by atoms with E-state index in [2.05, 4.69) is 81.9 Å². The third-order valence-electron chi connectivity index (χ3n) is 6.43. The average molecular weight is 461 g/mol. The van der Waals surface area contributed by atoms with Gasteiger partial charge in [0.1, 0.15) is 22.9 Å². The summed E-state index contributed by atoms with van der Waals surface area (Å²) in [6, 6.07) is 16.9. The summed E-state index contributed by atoms with van der Waals surface area (Å²) in [6.45, 7) is 9.37. The summed E-state index contributed by atoms with van der Waals surface area (Å²) in [7, 11) is 7.67. The van der Waals surface area contributed by atoms with Gasteiger partial charge in [0.15, 0.2) is 0 Å². The highest BCUT2D eigenvalue weighted by Crippen LogP contribution is 2.53. The molecule has 5 heteroatoms. The smallest absolute Gasteiger partial charge is 0.144 e. The Morgan fingerprint density at radius 3 is 2.09 bits per heavy atom. The lowest BCUT2D eigenvalue weighted by Crippen LogP contribution is -2.25. The first-order chi connectivity index (χ1) is 16.3. The second-order valence-electron chi connectivity index (χ2n) is 9.61. The van der Waals surface area contributed by atoms with E-state index in [-0.39, 0.29) is 0 Å². The van der Waals surface area contributed by atoms with Gasteiger partial charge in [0, 0.05) is 14.1 Å². The maximum absolute atomic E-state index is 6.19. The molecule has 0 N–H and O–H groups in total. The van der Waals surface area contributed by atoms with E-state index < -0.39 is 0 Å². The minimum absolute atomic E-state index is 0.413. The number of nitrogens with zero attached hydrogens (tertiary/aromatic N) is 2. The van der Waals surface area contributed by atoms with Crippen molar-refractivity contribution in [3.8, 4) is 28.4 Å². The van der Waals surface area contributed by atoms with Gasteiger partial charge in [-0.25, -0.2) is 0 Å². The summed E-state index contributed by atoms with van der Waals surface area (Å²) in [4.78, 5) is 4.47. The first-order valence-corrected chi connectivity index (χ1v) is 11.9. The fourth-order valence-electron chi connectivity index (χ4n) is 4.52. The minimum atomic E-state index is 0.413. The third kappa shape index (κ3) is 4.15. The third-order valence-corrected chi connectivity index (χ3v) is 6.43. The van der Waals surface area contributed by atoms with Crippen LogP contribution >= 0.6 is 0 Å². The second kappa shape index (κ2) is 9.49. The summed E-state index contributed by atoms with van der Waals surface area (Å²) in [5.41, 5.74) is 7.73. The van der Waals surface area contributed by atoms with Crippen LogP contribution in [0.25, 0.3) is 11.1 Å². The fourth-order valence-corrected chi connectivity index (χ4v) is 4.52. The van der Waals surface area contributed by atoms with Gasteiger partial charge in [-0.05, 0) is 59.4 Å². The predicted octanol–water partition coefficient (Wildman–Crippen LogP) is 7.38. The zero-order valence-corrected chi connectivity index (χ0v) is 21.6. The molecule has 0 aromatic heterocycles. The molecule has 0 fully saturated rings. The van der Waals surface area contributed by atoms with Gasteiger partial charge in [0.2, 0.25) is 0 Å². The number of methoxy groups -OCH3 is 2. The van der Waals surface area contributed by atoms with Crippen molar-refractivity contribution in [2.75, 3.05) is 44.7 Å². The first kappa shape index (κ1) is 23.8. The molecule has 0 bridgehead atoms. The van der Waals surface area contributed by atoms with Crippen LogP contribution in [0.2, 0.25) is 0 Å². The molecule has 0 saturated carbocycles. The van der Waals surface area contributed by atoms with Crippen molar-refractivity contribution in [1.29, 1.82) is 0 Å². The number of rotatable bonds is 7. The molecule has 3 aromatic rings. The van der Waals surface area contributed by atoms with Crippen LogP contribution in [0.15, 0.2) is 48.5 Å². The molecule has 1 aliphatic rings. The zero-order chi connectivity index (χ0) is 24.6. The van der Waals surface area contributed by atoms with E-state index in [0.29, 0.717) is 18.4 Å². The van der Waals surface area contributed by atoms with Crippen molar-refractivity contribution >= 4 is 22.7 Å². The van der Waals surface area contributed by atoms with E-state index >= 15 is 0 Å². The lowest BCUT2D eigenvalue weighted by Gasteiger charge is -2.38. The van der Waals surface area contributed by atoms with Gasteiger partial charge < -0.3 is 24.0 Å². The van der Waals surface area contributed by atoms with Crippen LogP contribution in [0.1, 0.15) is 39.2 Å². The van der Waals surface area contributed by atoms with E-state index in [4.69, 9.17) is 14.2 Å². The number of benzene rings is 3. The highest BCUT2D eigenvalue weighted by Gasteiger charge is 2.29. The van der Waals surface area contributed by atoms with Gasteiger partial charge in [-0.15, -0.1) is 0 Å². The molecule has 0 saturated heterocycles. The van der Waals surface area contributed by atoms with Crippen molar-refractivity contribution in [3.05, 3.63) is 54.1 Å². The summed E-state index contributed by atoms with van der Waals surface area (Å²) in [6.07, 6.45) is 0. The Morgan fingerprint density at radius 1 is 0.735 bits per heavy atom. The van der Waals surface area contributed by atoms with E-state index in [0.717, 1.165) is 51.1 Å². The molecule has 0 amide bonds. The van der Waals surface area contributed by atoms with Gasteiger partial charge in [0.25, 0.3) is 0 Å². The molecule has 4 rings (SSSR count). The first-order valence-electron chi connectivity index (χ1n) is 11.9. The van der Waals surface area contributed by atoms with Gasteiger partial charge in [-0.3, -0.25) is 0 Å². The Labute approximate surface area is 203 Å². The molecule has 0 spiro atoms.